The summed E-state index contributed by atoms with van der Waals surface area (Å²) in [6.45, 7) is 0. The van der Waals surface area contributed by atoms with Crippen molar-refractivity contribution >= 4 is 30.3 Å². The van der Waals surface area contributed by atoms with E-state index in [1.807, 2.05) is 0 Å². The second kappa shape index (κ2) is 5.15. The lowest BCUT2D eigenvalue weighted by Gasteiger charge is -2.32. The zero-order valence-corrected chi connectivity index (χ0v) is 13.1. The molecule has 0 bridgehead atoms. The maximum absolute atomic E-state index is 11.3. The topological polar surface area (TPSA) is 132 Å². The molecule has 0 saturated heterocycles. The average molecular weight is 331 g/mol. The van der Waals surface area contributed by atoms with Crippen molar-refractivity contribution in [3.63, 3.8) is 0 Å². The number of fused-ring (bicyclic) bond motifs is 2. The molecule has 1 unspecified atom stereocenters. The summed E-state index contributed by atoms with van der Waals surface area (Å²) in [6.07, 6.45) is 4.90. The molecule has 21 heavy (non-hydrogen) atoms. The van der Waals surface area contributed by atoms with Gasteiger partial charge in [-0.1, -0.05) is 6.42 Å². The molecule has 0 aromatic carbocycles. The standard InChI is InChI=1S/C12H18N3O4PS/c13-12(14,20(16,17)18)19-9-5-7-3-1-2-4-8(7)10-11(9)21-6-15-10/h6-7H,1-5,13-14H2,(H2,16,17,18). The highest BCUT2D eigenvalue weighted by molar-refractivity contribution is 7.53. The van der Waals surface area contributed by atoms with Gasteiger partial charge in [0.1, 0.15) is 5.76 Å². The van der Waals surface area contributed by atoms with Crippen molar-refractivity contribution in [3.05, 3.63) is 15.4 Å². The summed E-state index contributed by atoms with van der Waals surface area (Å²) in [5, 5.41) is 0.882. The quantitative estimate of drug-likeness (QED) is 0.442. The molecule has 3 rings (SSSR count). The third kappa shape index (κ3) is 2.67. The van der Waals surface area contributed by atoms with E-state index in [0.29, 0.717) is 18.1 Å². The predicted molar refractivity (Wildman–Crippen MR) is 79.0 cm³/mol. The van der Waals surface area contributed by atoms with Crippen molar-refractivity contribution in [3.8, 4) is 0 Å². The van der Waals surface area contributed by atoms with E-state index in [4.69, 9.17) is 16.2 Å². The number of thiazole rings is 1. The average Bonchev–Trinajstić information content (AvgIpc) is 2.87. The van der Waals surface area contributed by atoms with Crippen LogP contribution in [0.25, 0.3) is 11.3 Å². The van der Waals surface area contributed by atoms with Gasteiger partial charge in [0.15, 0.2) is 0 Å². The lowest BCUT2D eigenvalue weighted by molar-refractivity contribution is 0.0895. The second-order valence-electron chi connectivity index (χ2n) is 5.52. The van der Waals surface area contributed by atoms with E-state index in [0.717, 1.165) is 35.6 Å². The zero-order valence-electron chi connectivity index (χ0n) is 11.4. The fraction of sp³-hybridized carbons (Fsp3) is 0.583. The normalized spacial score (nSPS) is 22.8. The van der Waals surface area contributed by atoms with Crippen molar-refractivity contribution in [1.82, 2.24) is 4.98 Å². The monoisotopic (exact) mass is 331 g/mol. The van der Waals surface area contributed by atoms with Crippen LogP contribution in [0.5, 0.6) is 0 Å². The Hall–Kier alpha value is -0.760. The summed E-state index contributed by atoms with van der Waals surface area (Å²) >= 11 is 1.38. The van der Waals surface area contributed by atoms with Crippen molar-refractivity contribution in [2.24, 2.45) is 17.4 Å². The van der Waals surface area contributed by atoms with E-state index in [9.17, 15) is 14.4 Å². The summed E-state index contributed by atoms with van der Waals surface area (Å²) in [7, 11) is -4.78. The SMILES string of the molecule is NC(N)(OC1=c2scnc2=C2CCCCC2C1)P(=O)(O)O. The van der Waals surface area contributed by atoms with Crippen molar-refractivity contribution in [2.75, 3.05) is 0 Å². The van der Waals surface area contributed by atoms with Crippen molar-refractivity contribution in [1.29, 1.82) is 0 Å². The summed E-state index contributed by atoms with van der Waals surface area (Å²) in [6, 6.07) is 0. The molecule has 116 valence electrons. The predicted octanol–water partition coefficient (Wildman–Crippen LogP) is -0.281. The van der Waals surface area contributed by atoms with Gasteiger partial charge in [-0.15, -0.1) is 11.3 Å². The molecule has 0 radical (unpaired) electrons. The van der Waals surface area contributed by atoms with Crippen molar-refractivity contribution in [2.45, 2.75) is 37.7 Å². The van der Waals surface area contributed by atoms with Crippen LogP contribution < -0.4 is 21.3 Å². The number of aromatic nitrogens is 1. The Labute approximate surface area is 125 Å². The maximum Gasteiger partial charge on any atom is 0.400 e. The highest BCUT2D eigenvalue weighted by Gasteiger charge is 2.44. The Balaban J connectivity index is 2.08. The molecule has 2 aliphatic rings. The van der Waals surface area contributed by atoms with E-state index >= 15 is 0 Å². The minimum atomic E-state index is -4.78. The first-order valence-electron chi connectivity index (χ1n) is 6.78. The van der Waals surface area contributed by atoms with Crippen LogP contribution in [0.3, 0.4) is 0 Å². The molecule has 1 heterocycles. The number of nitrogens with zero attached hydrogens (tertiary/aromatic N) is 1. The Morgan fingerprint density at radius 3 is 2.90 bits per heavy atom. The van der Waals surface area contributed by atoms with Crippen LogP contribution in [0.1, 0.15) is 32.1 Å². The fourth-order valence-electron chi connectivity index (χ4n) is 2.96. The molecule has 6 N–H and O–H groups in total. The highest BCUT2D eigenvalue weighted by Crippen LogP contribution is 2.46. The molecule has 9 heteroatoms. The molecule has 1 atom stereocenters. The van der Waals surface area contributed by atoms with E-state index in [2.05, 4.69) is 4.98 Å². The first kappa shape index (κ1) is 15.1. The Morgan fingerprint density at radius 2 is 2.19 bits per heavy atom. The summed E-state index contributed by atoms with van der Waals surface area (Å²) in [5.74, 6) is 0.743. The second-order valence-corrected chi connectivity index (χ2v) is 8.17. The molecule has 1 aromatic rings. The minimum Gasteiger partial charge on any atom is -0.452 e. The molecule has 2 aliphatic carbocycles. The fourth-order valence-corrected chi connectivity index (χ4v) is 4.00. The Bertz CT molecular complexity index is 723. The van der Waals surface area contributed by atoms with Crippen LogP contribution in [-0.2, 0) is 9.30 Å². The van der Waals surface area contributed by atoms with Gasteiger partial charge >= 0.3 is 13.2 Å². The van der Waals surface area contributed by atoms with Crippen LogP contribution in [-0.4, -0.2) is 20.4 Å². The molecule has 7 nitrogen and oxygen atoms in total. The first-order valence-corrected chi connectivity index (χ1v) is 9.27. The third-order valence-corrected chi connectivity index (χ3v) is 5.91. The van der Waals surface area contributed by atoms with E-state index in [1.54, 1.807) is 5.51 Å². The molecule has 1 saturated carbocycles. The third-order valence-electron chi connectivity index (χ3n) is 4.04. The molecule has 1 fully saturated rings. The Kier molecular flexibility index (Phi) is 3.72. The molecule has 0 aliphatic heterocycles. The van der Waals surface area contributed by atoms with Crippen molar-refractivity contribution < 1.29 is 19.1 Å². The van der Waals surface area contributed by atoms with Gasteiger partial charge in [-0.05, 0) is 30.8 Å². The summed E-state index contributed by atoms with van der Waals surface area (Å²) < 4.78 is 17.5. The number of hydrogen-bond acceptors (Lipinski definition) is 6. The largest absolute Gasteiger partial charge is 0.452 e. The molecule has 1 aromatic heterocycles. The van der Waals surface area contributed by atoms with Gasteiger partial charge in [-0.3, -0.25) is 16.0 Å². The molecular formula is C12H18N3O4PS. The van der Waals surface area contributed by atoms with E-state index < -0.39 is 13.2 Å². The van der Waals surface area contributed by atoms with Crippen LogP contribution in [0.4, 0.5) is 0 Å². The smallest absolute Gasteiger partial charge is 0.400 e. The lowest BCUT2D eigenvalue weighted by Crippen LogP contribution is -2.52. The molecular weight excluding hydrogens is 313 g/mol. The number of nitrogens with two attached hydrogens (primary N) is 2. The summed E-state index contributed by atoms with van der Waals surface area (Å²) in [5.41, 5.74) is 11.5. The molecule has 0 amide bonds. The van der Waals surface area contributed by atoms with Gasteiger partial charge in [0, 0.05) is 6.42 Å². The lowest BCUT2D eigenvalue weighted by atomic mass is 9.80. The van der Waals surface area contributed by atoms with Gasteiger partial charge in [-0.25, -0.2) is 4.98 Å². The van der Waals surface area contributed by atoms with Crippen LogP contribution >= 0.6 is 18.9 Å². The van der Waals surface area contributed by atoms with Crippen LogP contribution in [0.15, 0.2) is 5.51 Å². The van der Waals surface area contributed by atoms with Gasteiger partial charge in [-0.2, -0.15) is 0 Å². The maximum atomic E-state index is 11.3. The van der Waals surface area contributed by atoms with Gasteiger partial charge in [0.05, 0.1) is 15.4 Å². The van der Waals surface area contributed by atoms with E-state index in [-0.39, 0.29) is 0 Å². The number of hydrogen-bond donors (Lipinski definition) is 4. The van der Waals surface area contributed by atoms with Gasteiger partial charge in [0.25, 0.3) is 0 Å². The Morgan fingerprint density at radius 1 is 1.43 bits per heavy atom. The number of ether oxygens (including phenoxy) is 1. The van der Waals surface area contributed by atoms with Gasteiger partial charge in [0.2, 0.25) is 0 Å². The minimum absolute atomic E-state index is 0.302. The molecule has 0 spiro atoms. The zero-order chi connectivity index (χ0) is 15.3. The first-order chi connectivity index (χ1) is 9.79. The summed E-state index contributed by atoms with van der Waals surface area (Å²) in [4.78, 5) is 22.8. The number of rotatable bonds is 3. The van der Waals surface area contributed by atoms with Gasteiger partial charge < -0.3 is 14.5 Å². The van der Waals surface area contributed by atoms with Crippen LogP contribution in [0.2, 0.25) is 0 Å². The van der Waals surface area contributed by atoms with Crippen LogP contribution in [0, 0.1) is 5.92 Å². The van der Waals surface area contributed by atoms with E-state index in [1.165, 1.54) is 16.9 Å². The highest BCUT2D eigenvalue weighted by atomic mass is 32.1.